The summed E-state index contributed by atoms with van der Waals surface area (Å²) < 4.78 is 4.03. The van der Waals surface area contributed by atoms with Gasteiger partial charge in [-0.1, -0.05) is 29.8 Å². The highest BCUT2D eigenvalue weighted by Crippen LogP contribution is 2.25. The van der Waals surface area contributed by atoms with Crippen molar-refractivity contribution in [2.75, 3.05) is 5.73 Å². The fraction of sp³-hybridized carbons (Fsp3) is 0.100. The van der Waals surface area contributed by atoms with Gasteiger partial charge in [0.25, 0.3) is 0 Å². The van der Waals surface area contributed by atoms with Crippen LogP contribution < -0.4 is 5.73 Å². The third-order valence-corrected chi connectivity index (χ3v) is 2.72. The molecule has 0 unspecified atom stereocenters. The Labute approximate surface area is 81.2 Å². The third-order valence-electron chi connectivity index (χ3n) is 1.86. The molecule has 1 heterocycles. The molecule has 0 spiro atoms. The number of anilines is 1. The number of nitrogens with two attached hydrogens (primary N) is 1. The Bertz CT molecular complexity index is 403. The molecule has 0 atom stereocenters. The largest absolute Gasteiger partial charge is 0.383 e. The Morgan fingerprint density at radius 3 is 2.46 bits per heavy atom. The Kier molecular flexibility index (Phi) is 2.02. The van der Waals surface area contributed by atoms with Crippen LogP contribution in [0, 0.1) is 6.92 Å². The average Bonchev–Trinajstić information content (AvgIpc) is 2.53. The predicted octanol–water partition coefficient (Wildman–Crippen LogP) is 2.70. The first-order valence-electron chi connectivity index (χ1n) is 4.05. The van der Waals surface area contributed by atoms with Gasteiger partial charge in [0, 0.05) is 6.07 Å². The minimum atomic E-state index is 0.598. The molecule has 0 fully saturated rings. The average molecular weight is 190 g/mol. The van der Waals surface area contributed by atoms with E-state index < -0.39 is 0 Å². The van der Waals surface area contributed by atoms with Crippen LogP contribution in [-0.4, -0.2) is 4.37 Å². The molecule has 2 rings (SSSR count). The van der Waals surface area contributed by atoms with Gasteiger partial charge in [0.1, 0.15) is 5.82 Å². The number of nitrogen functional groups attached to an aromatic ring is 1. The fourth-order valence-corrected chi connectivity index (χ4v) is 1.81. The maximum atomic E-state index is 5.55. The lowest BCUT2D eigenvalue weighted by molar-refractivity contribution is 1.48. The fourth-order valence-electron chi connectivity index (χ4n) is 1.14. The van der Waals surface area contributed by atoms with Gasteiger partial charge in [-0.05, 0) is 24.0 Å². The number of aryl methyl sites for hydroxylation is 1. The summed E-state index contributed by atoms with van der Waals surface area (Å²) in [6.45, 7) is 2.07. The van der Waals surface area contributed by atoms with Crippen LogP contribution in [0.4, 0.5) is 5.82 Å². The van der Waals surface area contributed by atoms with Crippen molar-refractivity contribution in [1.82, 2.24) is 4.37 Å². The molecule has 0 radical (unpaired) electrons. The molecule has 0 aliphatic carbocycles. The van der Waals surface area contributed by atoms with Crippen molar-refractivity contribution in [3.8, 4) is 10.4 Å². The van der Waals surface area contributed by atoms with Crippen molar-refractivity contribution in [2.24, 2.45) is 0 Å². The van der Waals surface area contributed by atoms with E-state index in [0.29, 0.717) is 5.82 Å². The molecule has 0 aliphatic rings. The molecule has 0 bridgehead atoms. The van der Waals surface area contributed by atoms with Gasteiger partial charge in [0.2, 0.25) is 0 Å². The van der Waals surface area contributed by atoms with Crippen molar-refractivity contribution < 1.29 is 0 Å². The smallest absolute Gasteiger partial charge is 0.137 e. The zero-order valence-electron chi connectivity index (χ0n) is 7.32. The Morgan fingerprint density at radius 1 is 1.23 bits per heavy atom. The van der Waals surface area contributed by atoms with Crippen molar-refractivity contribution in [3.05, 3.63) is 35.9 Å². The first-order chi connectivity index (χ1) is 6.25. The molecule has 2 aromatic rings. The van der Waals surface area contributed by atoms with Gasteiger partial charge in [0.05, 0.1) is 4.88 Å². The van der Waals surface area contributed by atoms with E-state index in [-0.39, 0.29) is 0 Å². The lowest BCUT2D eigenvalue weighted by Gasteiger charge is -1.95. The number of nitrogens with zero attached hydrogens (tertiary/aromatic N) is 1. The van der Waals surface area contributed by atoms with Crippen LogP contribution in [0.3, 0.4) is 0 Å². The van der Waals surface area contributed by atoms with E-state index in [1.54, 1.807) is 0 Å². The maximum Gasteiger partial charge on any atom is 0.137 e. The van der Waals surface area contributed by atoms with Crippen molar-refractivity contribution in [1.29, 1.82) is 0 Å². The standard InChI is InChI=1S/C10H10N2S/c1-7-2-4-8(5-3-7)9-6-10(11)12-13-9/h2-6H,1H3,(H2,11,12). The van der Waals surface area contributed by atoms with Crippen LogP contribution in [0.1, 0.15) is 5.56 Å². The van der Waals surface area contributed by atoms with Crippen molar-refractivity contribution in [2.45, 2.75) is 6.92 Å². The van der Waals surface area contributed by atoms with Crippen LogP contribution >= 0.6 is 11.5 Å². The molecule has 2 N–H and O–H groups in total. The molecule has 0 saturated carbocycles. The minimum absolute atomic E-state index is 0.598. The molecule has 1 aromatic heterocycles. The predicted molar refractivity (Wildman–Crippen MR) is 56.7 cm³/mol. The van der Waals surface area contributed by atoms with Crippen LogP contribution in [-0.2, 0) is 0 Å². The number of benzene rings is 1. The van der Waals surface area contributed by atoms with Gasteiger partial charge in [-0.15, -0.1) is 0 Å². The third kappa shape index (κ3) is 1.70. The second-order valence-corrected chi connectivity index (χ2v) is 3.79. The van der Waals surface area contributed by atoms with E-state index in [1.807, 2.05) is 6.07 Å². The van der Waals surface area contributed by atoms with E-state index in [4.69, 9.17) is 5.73 Å². The molecule has 13 heavy (non-hydrogen) atoms. The zero-order chi connectivity index (χ0) is 9.26. The molecule has 0 amide bonds. The quantitative estimate of drug-likeness (QED) is 0.751. The van der Waals surface area contributed by atoms with E-state index >= 15 is 0 Å². The minimum Gasteiger partial charge on any atom is -0.383 e. The highest BCUT2D eigenvalue weighted by molar-refractivity contribution is 7.09. The second-order valence-electron chi connectivity index (χ2n) is 2.98. The zero-order valence-corrected chi connectivity index (χ0v) is 8.14. The highest BCUT2D eigenvalue weighted by Gasteiger charge is 2.00. The monoisotopic (exact) mass is 190 g/mol. The normalized spacial score (nSPS) is 10.2. The van der Waals surface area contributed by atoms with E-state index in [1.165, 1.54) is 22.7 Å². The van der Waals surface area contributed by atoms with Gasteiger partial charge in [0.15, 0.2) is 0 Å². The van der Waals surface area contributed by atoms with Crippen molar-refractivity contribution in [3.63, 3.8) is 0 Å². The van der Waals surface area contributed by atoms with Gasteiger partial charge < -0.3 is 5.73 Å². The first kappa shape index (κ1) is 8.26. The van der Waals surface area contributed by atoms with Gasteiger partial charge in [-0.2, -0.15) is 4.37 Å². The summed E-state index contributed by atoms with van der Waals surface area (Å²) in [6.07, 6.45) is 0. The molecule has 0 aliphatic heterocycles. The lowest BCUT2D eigenvalue weighted by atomic mass is 10.1. The number of rotatable bonds is 1. The topological polar surface area (TPSA) is 38.9 Å². The number of aromatic nitrogens is 1. The highest BCUT2D eigenvalue weighted by atomic mass is 32.1. The molecular formula is C10H10N2S. The maximum absolute atomic E-state index is 5.55. The second kappa shape index (κ2) is 3.18. The Balaban J connectivity index is 2.41. The van der Waals surface area contributed by atoms with E-state index in [2.05, 4.69) is 35.6 Å². The van der Waals surface area contributed by atoms with Gasteiger partial charge >= 0.3 is 0 Å². The molecule has 0 saturated heterocycles. The van der Waals surface area contributed by atoms with Crippen LogP contribution in [0.2, 0.25) is 0 Å². The molecule has 3 heteroatoms. The van der Waals surface area contributed by atoms with E-state index in [0.717, 1.165) is 4.88 Å². The molecule has 1 aromatic carbocycles. The summed E-state index contributed by atoms with van der Waals surface area (Å²) in [5.74, 6) is 0.598. The van der Waals surface area contributed by atoms with Crippen LogP contribution in [0.15, 0.2) is 30.3 Å². The summed E-state index contributed by atoms with van der Waals surface area (Å²) in [5, 5.41) is 0. The molecular weight excluding hydrogens is 180 g/mol. The number of hydrogen-bond donors (Lipinski definition) is 1. The first-order valence-corrected chi connectivity index (χ1v) is 4.82. The number of hydrogen-bond acceptors (Lipinski definition) is 3. The summed E-state index contributed by atoms with van der Waals surface area (Å²) >= 11 is 1.43. The van der Waals surface area contributed by atoms with E-state index in [9.17, 15) is 0 Å². The van der Waals surface area contributed by atoms with Gasteiger partial charge in [-0.3, -0.25) is 0 Å². The SMILES string of the molecule is Cc1ccc(-c2cc(N)ns2)cc1. The Hall–Kier alpha value is -1.35. The summed E-state index contributed by atoms with van der Waals surface area (Å²) in [4.78, 5) is 1.12. The lowest BCUT2D eigenvalue weighted by Crippen LogP contribution is -1.79. The molecule has 66 valence electrons. The van der Waals surface area contributed by atoms with Gasteiger partial charge in [-0.25, -0.2) is 0 Å². The van der Waals surface area contributed by atoms with Crippen LogP contribution in [0.25, 0.3) is 10.4 Å². The summed E-state index contributed by atoms with van der Waals surface area (Å²) in [7, 11) is 0. The summed E-state index contributed by atoms with van der Waals surface area (Å²) in [5.41, 5.74) is 7.99. The molecule has 2 nitrogen and oxygen atoms in total. The van der Waals surface area contributed by atoms with Crippen LogP contribution in [0.5, 0.6) is 0 Å². The summed E-state index contributed by atoms with van der Waals surface area (Å²) in [6, 6.07) is 10.2. The van der Waals surface area contributed by atoms with Crippen molar-refractivity contribution >= 4 is 17.4 Å². The Morgan fingerprint density at radius 2 is 1.92 bits per heavy atom.